The Kier molecular flexibility index (Phi) is 3.61. The highest BCUT2D eigenvalue weighted by Crippen LogP contribution is 2.22. The van der Waals surface area contributed by atoms with Gasteiger partial charge >= 0.3 is 6.03 Å². The van der Waals surface area contributed by atoms with Crippen LogP contribution in [-0.2, 0) is 0 Å². The Morgan fingerprint density at radius 2 is 1.88 bits per heavy atom. The number of nitrogens with one attached hydrogen (secondary N) is 1. The molecule has 0 aromatic carbocycles. The van der Waals surface area contributed by atoms with E-state index in [0.29, 0.717) is 0 Å². The van der Waals surface area contributed by atoms with Crippen LogP contribution in [0.4, 0.5) is 4.79 Å². The van der Waals surface area contributed by atoms with Crippen molar-refractivity contribution in [2.45, 2.75) is 39.2 Å². The van der Waals surface area contributed by atoms with Gasteiger partial charge in [0.25, 0.3) is 0 Å². The SMILES string of the molecule is CC1CCN(C(=O)N2CCNCC2(C)C)CC1. The van der Waals surface area contributed by atoms with Crippen molar-refractivity contribution in [3.05, 3.63) is 0 Å². The second-order valence-electron chi connectivity index (χ2n) is 6.09. The van der Waals surface area contributed by atoms with Gasteiger partial charge < -0.3 is 15.1 Å². The number of carbonyl (C=O) groups is 1. The molecule has 98 valence electrons. The van der Waals surface area contributed by atoms with Crippen LogP contribution < -0.4 is 5.32 Å². The third-order valence-corrected chi connectivity index (χ3v) is 4.09. The molecule has 2 heterocycles. The number of piperidine rings is 1. The maximum Gasteiger partial charge on any atom is 0.320 e. The smallest absolute Gasteiger partial charge is 0.320 e. The molecule has 0 unspecified atom stereocenters. The molecule has 2 amide bonds. The van der Waals surface area contributed by atoms with Gasteiger partial charge in [0, 0.05) is 32.7 Å². The molecule has 2 fully saturated rings. The zero-order valence-electron chi connectivity index (χ0n) is 11.3. The van der Waals surface area contributed by atoms with Crippen LogP contribution in [0.15, 0.2) is 0 Å². The number of urea groups is 1. The van der Waals surface area contributed by atoms with Crippen molar-refractivity contribution in [1.82, 2.24) is 15.1 Å². The van der Waals surface area contributed by atoms with Crippen molar-refractivity contribution >= 4 is 6.03 Å². The van der Waals surface area contributed by atoms with Crippen LogP contribution in [0.3, 0.4) is 0 Å². The van der Waals surface area contributed by atoms with E-state index in [-0.39, 0.29) is 11.6 Å². The Balaban J connectivity index is 1.99. The highest BCUT2D eigenvalue weighted by Gasteiger charge is 2.36. The molecular weight excluding hydrogens is 214 g/mol. The largest absolute Gasteiger partial charge is 0.325 e. The Labute approximate surface area is 104 Å². The third-order valence-electron chi connectivity index (χ3n) is 4.09. The number of piperazine rings is 1. The fourth-order valence-electron chi connectivity index (χ4n) is 2.71. The van der Waals surface area contributed by atoms with E-state index in [1.807, 2.05) is 9.80 Å². The summed E-state index contributed by atoms with van der Waals surface area (Å²) in [7, 11) is 0. The van der Waals surface area contributed by atoms with Crippen molar-refractivity contribution in [1.29, 1.82) is 0 Å². The number of rotatable bonds is 0. The topological polar surface area (TPSA) is 35.6 Å². The van der Waals surface area contributed by atoms with E-state index in [1.165, 1.54) is 0 Å². The fourth-order valence-corrected chi connectivity index (χ4v) is 2.71. The molecule has 0 atom stereocenters. The van der Waals surface area contributed by atoms with Gasteiger partial charge in [-0.15, -0.1) is 0 Å². The first-order valence-electron chi connectivity index (χ1n) is 6.78. The lowest BCUT2D eigenvalue weighted by atomic mass is 9.98. The minimum Gasteiger partial charge on any atom is -0.325 e. The molecule has 0 saturated carbocycles. The average Bonchev–Trinajstić information content (AvgIpc) is 2.28. The van der Waals surface area contributed by atoms with E-state index >= 15 is 0 Å². The maximum absolute atomic E-state index is 12.5. The summed E-state index contributed by atoms with van der Waals surface area (Å²) in [6.45, 7) is 11.1. The summed E-state index contributed by atoms with van der Waals surface area (Å²) >= 11 is 0. The lowest BCUT2D eigenvalue weighted by Gasteiger charge is -2.45. The summed E-state index contributed by atoms with van der Waals surface area (Å²) in [6.07, 6.45) is 2.30. The lowest BCUT2D eigenvalue weighted by molar-refractivity contribution is 0.0761. The molecule has 4 heteroatoms. The number of carbonyl (C=O) groups excluding carboxylic acids is 1. The first-order chi connectivity index (χ1) is 8.00. The van der Waals surface area contributed by atoms with E-state index in [0.717, 1.165) is 51.5 Å². The number of nitrogens with zero attached hydrogens (tertiary/aromatic N) is 2. The predicted molar refractivity (Wildman–Crippen MR) is 69.0 cm³/mol. The van der Waals surface area contributed by atoms with E-state index in [2.05, 4.69) is 26.1 Å². The van der Waals surface area contributed by atoms with E-state index in [9.17, 15) is 4.79 Å². The van der Waals surface area contributed by atoms with Crippen molar-refractivity contribution in [3.63, 3.8) is 0 Å². The fraction of sp³-hybridized carbons (Fsp3) is 0.923. The van der Waals surface area contributed by atoms with E-state index < -0.39 is 0 Å². The zero-order valence-corrected chi connectivity index (χ0v) is 11.3. The average molecular weight is 239 g/mol. The van der Waals surface area contributed by atoms with Crippen molar-refractivity contribution in [2.24, 2.45) is 5.92 Å². The minimum absolute atomic E-state index is 0.0571. The molecule has 0 aliphatic carbocycles. The van der Waals surface area contributed by atoms with Crippen LogP contribution >= 0.6 is 0 Å². The van der Waals surface area contributed by atoms with Crippen molar-refractivity contribution in [2.75, 3.05) is 32.7 Å². The zero-order chi connectivity index (χ0) is 12.5. The molecular formula is C13H25N3O. The lowest BCUT2D eigenvalue weighted by Crippen LogP contribution is -2.63. The quantitative estimate of drug-likeness (QED) is 0.696. The molecule has 0 aromatic heterocycles. The Morgan fingerprint density at radius 3 is 2.47 bits per heavy atom. The summed E-state index contributed by atoms with van der Waals surface area (Å²) in [5, 5.41) is 3.36. The van der Waals surface area contributed by atoms with Crippen LogP contribution in [0.1, 0.15) is 33.6 Å². The molecule has 0 radical (unpaired) electrons. The maximum atomic E-state index is 12.5. The normalized spacial score (nSPS) is 26.1. The van der Waals surface area contributed by atoms with Gasteiger partial charge in [-0.3, -0.25) is 0 Å². The van der Waals surface area contributed by atoms with E-state index in [4.69, 9.17) is 0 Å². The molecule has 2 aliphatic rings. The first kappa shape index (κ1) is 12.7. The van der Waals surface area contributed by atoms with Crippen LogP contribution in [0.5, 0.6) is 0 Å². The Morgan fingerprint density at radius 1 is 1.24 bits per heavy atom. The monoisotopic (exact) mass is 239 g/mol. The van der Waals surface area contributed by atoms with Gasteiger partial charge in [0.05, 0.1) is 5.54 Å². The second kappa shape index (κ2) is 4.84. The van der Waals surface area contributed by atoms with Crippen LogP contribution in [0.25, 0.3) is 0 Å². The van der Waals surface area contributed by atoms with Crippen LogP contribution in [0, 0.1) is 5.92 Å². The standard InChI is InChI=1S/C13H25N3O/c1-11-4-7-15(8-5-11)12(17)16-9-6-14-10-13(16,2)3/h11,14H,4-10H2,1-3H3. The van der Waals surface area contributed by atoms with Gasteiger partial charge in [0.1, 0.15) is 0 Å². The number of amides is 2. The highest BCUT2D eigenvalue weighted by molar-refractivity contribution is 5.75. The molecule has 0 aromatic rings. The number of hydrogen-bond acceptors (Lipinski definition) is 2. The van der Waals surface area contributed by atoms with Gasteiger partial charge in [0.2, 0.25) is 0 Å². The number of hydrogen-bond donors (Lipinski definition) is 1. The molecule has 0 bridgehead atoms. The summed E-state index contributed by atoms with van der Waals surface area (Å²) in [6, 6.07) is 0.239. The minimum atomic E-state index is -0.0571. The van der Waals surface area contributed by atoms with Crippen molar-refractivity contribution < 1.29 is 4.79 Å². The van der Waals surface area contributed by atoms with Crippen molar-refractivity contribution in [3.8, 4) is 0 Å². The molecule has 2 aliphatic heterocycles. The van der Waals surface area contributed by atoms with Crippen LogP contribution in [-0.4, -0.2) is 54.1 Å². The van der Waals surface area contributed by atoms with Gasteiger partial charge in [-0.1, -0.05) is 6.92 Å². The highest BCUT2D eigenvalue weighted by atomic mass is 16.2. The van der Waals surface area contributed by atoms with Gasteiger partial charge in [0.15, 0.2) is 0 Å². The first-order valence-corrected chi connectivity index (χ1v) is 6.78. The molecule has 4 nitrogen and oxygen atoms in total. The van der Waals surface area contributed by atoms with Gasteiger partial charge in [-0.2, -0.15) is 0 Å². The molecule has 2 saturated heterocycles. The second-order valence-corrected chi connectivity index (χ2v) is 6.09. The summed E-state index contributed by atoms with van der Waals surface area (Å²) in [5.41, 5.74) is -0.0571. The third kappa shape index (κ3) is 2.73. The predicted octanol–water partition coefficient (Wildman–Crippen LogP) is 1.52. The van der Waals surface area contributed by atoms with E-state index in [1.54, 1.807) is 0 Å². The molecule has 0 spiro atoms. The molecule has 2 rings (SSSR count). The van der Waals surface area contributed by atoms with Gasteiger partial charge in [-0.05, 0) is 32.6 Å². The summed E-state index contributed by atoms with van der Waals surface area (Å²) in [4.78, 5) is 16.6. The van der Waals surface area contributed by atoms with Gasteiger partial charge in [-0.25, -0.2) is 4.79 Å². The Bertz CT molecular complexity index is 282. The molecule has 1 N–H and O–H groups in total. The summed E-state index contributed by atoms with van der Waals surface area (Å²) in [5.74, 6) is 0.773. The van der Waals surface area contributed by atoms with Crippen LogP contribution in [0.2, 0.25) is 0 Å². The molecule has 17 heavy (non-hydrogen) atoms. The number of likely N-dealkylation sites (tertiary alicyclic amines) is 1. The summed E-state index contributed by atoms with van der Waals surface area (Å²) < 4.78 is 0. The Hall–Kier alpha value is -0.770.